The van der Waals surface area contributed by atoms with Gasteiger partial charge in [0.05, 0.1) is 18.8 Å². The van der Waals surface area contributed by atoms with E-state index in [1.807, 2.05) is 0 Å². The molecule has 0 atom stereocenters. The predicted octanol–water partition coefficient (Wildman–Crippen LogP) is 0.655. The first kappa shape index (κ1) is 21.9. The molecule has 0 spiro atoms. The molecule has 3 heterocycles. The van der Waals surface area contributed by atoms with E-state index in [0.29, 0.717) is 0 Å². The Balaban J connectivity index is 0.000000339. The second kappa shape index (κ2) is 11.4. The van der Waals surface area contributed by atoms with Crippen LogP contribution in [0.15, 0.2) is 83.4 Å². The Bertz CT molecular complexity index is 804. The Kier molecular flexibility index (Phi) is 10.0. The zero-order chi connectivity index (χ0) is 17.9. The zero-order valence-electron chi connectivity index (χ0n) is 12.6. The van der Waals surface area contributed by atoms with Gasteiger partial charge in [-0.05, 0) is 0 Å². The molecule has 0 saturated carbocycles. The molecular formula is C15H12GaO9. The van der Waals surface area contributed by atoms with Crippen molar-refractivity contribution in [2.75, 3.05) is 0 Å². The molecule has 25 heavy (non-hydrogen) atoms. The average molecular weight is 406 g/mol. The van der Waals surface area contributed by atoms with E-state index in [2.05, 4.69) is 13.3 Å². The van der Waals surface area contributed by atoms with Crippen molar-refractivity contribution in [3.63, 3.8) is 0 Å². The first-order valence-electron chi connectivity index (χ1n) is 6.18. The van der Waals surface area contributed by atoms with E-state index in [4.69, 9.17) is 15.3 Å². The molecule has 0 aliphatic heterocycles. The third-order valence-corrected chi connectivity index (χ3v) is 2.19. The van der Waals surface area contributed by atoms with Crippen molar-refractivity contribution in [3.8, 4) is 17.2 Å². The summed E-state index contributed by atoms with van der Waals surface area (Å²) in [5.41, 5.74) is -1.26. The Morgan fingerprint density at radius 3 is 0.920 bits per heavy atom. The minimum Gasteiger partial charge on any atom is -0.502 e. The Morgan fingerprint density at radius 2 is 0.800 bits per heavy atom. The van der Waals surface area contributed by atoms with E-state index >= 15 is 0 Å². The quantitative estimate of drug-likeness (QED) is 0.457. The van der Waals surface area contributed by atoms with Gasteiger partial charge in [-0.25, -0.2) is 0 Å². The fourth-order valence-corrected chi connectivity index (χ4v) is 1.04. The van der Waals surface area contributed by atoms with E-state index in [0.717, 1.165) is 37.0 Å². The molecule has 3 aromatic heterocycles. The molecule has 0 bridgehead atoms. The van der Waals surface area contributed by atoms with E-state index in [-0.39, 0.29) is 37.0 Å². The van der Waals surface area contributed by atoms with Gasteiger partial charge in [0.15, 0.2) is 17.2 Å². The molecule has 0 amide bonds. The molecular weight excluding hydrogens is 394 g/mol. The normalized spacial score (nSPS) is 8.64. The molecule has 10 heteroatoms. The molecule has 9 nitrogen and oxygen atoms in total. The number of rotatable bonds is 0. The molecule has 0 aromatic carbocycles. The van der Waals surface area contributed by atoms with Gasteiger partial charge in [-0.2, -0.15) is 0 Å². The van der Waals surface area contributed by atoms with Crippen molar-refractivity contribution < 1.29 is 28.6 Å². The van der Waals surface area contributed by atoms with Gasteiger partial charge >= 0.3 is 0 Å². The summed E-state index contributed by atoms with van der Waals surface area (Å²) in [4.78, 5) is 30.9. The standard InChI is InChI=1S/3C5H4O3.Ga/c3*6-4-1-2-8-3-5(4)7;/h3*1-3,7H;. The second-order valence-corrected chi connectivity index (χ2v) is 3.92. The minimum atomic E-state index is -0.420. The molecule has 3 N–H and O–H groups in total. The van der Waals surface area contributed by atoms with Crippen LogP contribution in [0.4, 0.5) is 0 Å². The third kappa shape index (κ3) is 8.34. The minimum absolute atomic E-state index is 0. The largest absolute Gasteiger partial charge is 0.502 e. The molecule has 3 rings (SSSR count). The summed E-state index contributed by atoms with van der Waals surface area (Å²) in [6.07, 6.45) is 6.60. The SMILES string of the molecule is O=c1ccocc1O.O=c1ccocc1O.O=c1ccocc1O.[Ga]. The molecule has 0 saturated heterocycles. The second-order valence-electron chi connectivity index (χ2n) is 3.92. The van der Waals surface area contributed by atoms with Crippen LogP contribution >= 0.6 is 0 Å². The van der Waals surface area contributed by atoms with Gasteiger partial charge in [0.1, 0.15) is 18.8 Å². The van der Waals surface area contributed by atoms with E-state index in [9.17, 15) is 14.4 Å². The van der Waals surface area contributed by atoms with Gasteiger partial charge in [-0.15, -0.1) is 0 Å². The summed E-state index contributed by atoms with van der Waals surface area (Å²) >= 11 is 0. The van der Waals surface area contributed by atoms with E-state index in [1.54, 1.807) is 0 Å². The van der Waals surface area contributed by atoms with Crippen LogP contribution in [-0.4, -0.2) is 35.1 Å². The maximum atomic E-state index is 10.3. The number of aromatic hydroxyl groups is 3. The van der Waals surface area contributed by atoms with Crippen molar-refractivity contribution >= 4 is 19.8 Å². The Morgan fingerprint density at radius 1 is 0.560 bits per heavy atom. The Labute approximate surface area is 152 Å². The fraction of sp³-hybridized carbons (Fsp3) is 0. The molecule has 0 aliphatic rings. The monoisotopic (exact) mass is 405 g/mol. The van der Waals surface area contributed by atoms with Gasteiger partial charge in [-0.3, -0.25) is 14.4 Å². The van der Waals surface area contributed by atoms with Crippen LogP contribution in [0.5, 0.6) is 17.2 Å². The Hall–Kier alpha value is -3.11. The van der Waals surface area contributed by atoms with Crippen LogP contribution in [0.3, 0.4) is 0 Å². The maximum absolute atomic E-state index is 10.3. The summed E-state index contributed by atoms with van der Waals surface area (Å²) < 4.78 is 13.3. The van der Waals surface area contributed by atoms with Gasteiger partial charge in [0.25, 0.3) is 0 Å². The average Bonchev–Trinajstić information content (AvgIpc) is 2.57. The summed E-state index contributed by atoms with van der Waals surface area (Å²) in [6, 6.07) is 3.44. The molecule has 3 aromatic rings. The van der Waals surface area contributed by atoms with Crippen LogP contribution in [0.1, 0.15) is 0 Å². The summed E-state index contributed by atoms with van der Waals surface area (Å²) in [6.45, 7) is 0. The van der Waals surface area contributed by atoms with Crippen LogP contribution in [-0.2, 0) is 0 Å². The van der Waals surface area contributed by atoms with Crippen LogP contribution in [0.25, 0.3) is 0 Å². The van der Waals surface area contributed by atoms with Crippen molar-refractivity contribution in [3.05, 3.63) is 86.4 Å². The van der Waals surface area contributed by atoms with E-state index in [1.165, 1.54) is 18.8 Å². The van der Waals surface area contributed by atoms with Gasteiger partial charge in [0, 0.05) is 38.0 Å². The smallest absolute Gasteiger partial charge is 0.226 e. The van der Waals surface area contributed by atoms with Crippen molar-refractivity contribution in [1.29, 1.82) is 0 Å². The van der Waals surface area contributed by atoms with Crippen molar-refractivity contribution in [1.82, 2.24) is 0 Å². The maximum Gasteiger partial charge on any atom is 0.226 e. The van der Waals surface area contributed by atoms with Crippen molar-refractivity contribution in [2.45, 2.75) is 0 Å². The molecule has 0 aliphatic carbocycles. The predicted molar refractivity (Wildman–Crippen MR) is 85.7 cm³/mol. The number of hydrogen-bond acceptors (Lipinski definition) is 9. The number of hydrogen-bond donors (Lipinski definition) is 3. The summed E-state index contributed by atoms with van der Waals surface area (Å²) in [7, 11) is 0. The fourth-order valence-electron chi connectivity index (χ4n) is 1.04. The molecule has 0 fully saturated rings. The molecule has 129 valence electrons. The van der Waals surface area contributed by atoms with Crippen LogP contribution in [0, 0.1) is 0 Å². The summed E-state index contributed by atoms with van der Waals surface area (Å²) in [5.74, 6) is -1.06. The topological polar surface area (TPSA) is 151 Å². The van der Waals surface area contributed by atoms with Gasteiger partial charge < -0.3 is 28.6 Å². The zero-order valence-corrected chi connectivity index (χ0v) is 15.0. The van der Waals surface area contributed by atoms with Crippen LogP contribution in [0.2, 0.25) is 0 Å². The van der Waals surface area contributed by atoms with Crippen LogP contribution < -0.4 is 16.3 Å². The first-order chi connectivity index (χ1) is 11.4. The van der Waals surface area contributed by atoms with Gasteiger partial charge in [0.2, 0.25) is 16.3 Å². The molecule has 3 radical (unpaired) electrons. The van der Waals surface area contributed by atoms with Crippen molar-refractivity contribution in [2.24, 2.45) is 0 Å². The first-order valence-corrected chi connectivity index (χ1v) is 6.18. The molecule has 0 unspecified atom stereocenters. The third-order valence-electron chi connectivity index (χ3n) is 2.19. The summed E-state index contributed by atoms with van der Waals surface area (Å²) in [5, 5.41) is 25.5. The van der Waals surface area contributed by atoms with Gasteiger partial charge in [-0.1, -0.05) is 0 Å². The van der Waals surface area contributed by atoms with E-state index < -0.39 is 16.3 Å².